The molecule has 0 radical (unpaired) electrons. The molecule has 1 aromatic heterocycles. The molecular weight excluding hydrogens is 316 g/mol. The van der Waals surface area contributed by atoms with E-state index in [4.69, 9.17) is 0 Å². The molecule has 2 aromatic rings. The van der Waals surface area contributed by atoms with Crippen molar-refractivity contribution in [1.29, 1.82) is 0 Å². The number of nitrogens with zero attached hydrogens (tertiary/aromatic N) is 1. The van der Waals surface area contributed by atoms with Gasteiger partial charge in [0.05, 0.1) is 4.88 Å². The molecule has 0 aliphatic carbocycles. The minimum Gasteiger partial charge on any atom is -0.347 e. The van der Waals surface area contributed by atoms with Crippen molar-refractivity contribution in [3.63, 3.8) is 0 Å². The molecule has 4 heteroatoms. The Morgan fingerprint density at radius 2 is 1.92 bits per heavy atom. The molecular formula is C20H24N2OS. The van der Waals surface area contributed by atoms with Crippen molar-refractivity contribution in [3.05, 3.63) is 46.2 Å². The second-order valence-corrected chi connectivity index (χ2v) is 8.32. The van der Waals surface area contributed by atoms with E-state index in [1.165, 1.54) is 41.9 Å². The summed E-state index contributed by atoms with van der Waals surface area (Å²) in [5.41, 5.74) is 2.36. The fourth-order valence-corrected chi connectivity index (χ4v) is 5.21. The van der Waals surface area contributed by atoms with E-state index in [0.717, 1.165) is 4.88 Å². The van der Waals surface area contributed by atoms with E-state index in [9.17, 15) is 4.79 Å². The van der Waals surface area contributed by atoms with Gasteiger partial charge in [-0.25, -0.2) is 0 Å². The highest BCUT2D eigenvalue weighted by Crippen LogP contribution is 2.34. The molecule has 126 valence electrons. The van der Waals surface area contributed by atoms with Gasteiger partial charge < -0.3 is 5.32 Å². The first-order chi connectivity index (χ1) is 11.6. The van der Waals surface area contributed by atoms with Gasteiger partial charge >= 0.3 is 0 Å². The maximum absolute atomic E-state index is 12.8. The Balaban J connectivity index is 1.53. The minimum atomic E-state index is 0.0934. The number of benzene rings is 1. The number of carbonyl (C=O) groups excluding carboxylic acids is 1. The van der Waals surface area contributed by atoms with Crippen LogP contribution < -0.4 is 5.32 Å². The predicted molar refractivity (Wildman–Crippen MR) is 99.5 cm³/mol. The van der Waals surface area contributed by atoms with Gasteiger partial charge in [0.25, 0.3) is 5.91 Å². The molecule has 3 saturated heterocycles. The maximum Gasteiger partial charge on any atom is 0.261 e. The van der Waals surface area contributed by atoms with Crippen LogP contribution in [0.4, 0.5) is 0 Å². The molecule has 3 aliphatic rings. The maximum atomic E-state index is 12.8. The van der Waals surface area contributed by atoms with Crippen LogP contribution in [0.3, 0.4) is 0 Å². The van der Waals surface area contributed by atoms with E-state index < -0.39 is 0 Å². The summed E-state index contributed by atoms with van der Waals surface area (Å²) < 4.78 is 0. The molecule has 1 amide bonds. The molecule has 1 N–H and O–H groups in total. The molecule has 4 heterocycles. The summed E-state index contributed by atoms with van der Waals surface area (Å²) in [6.45, 7) is 6.73. The van der Waals surface area contributed by atoms with Crippen molar-refractivity contribution >= 4 is 17.2 Å². The monoisotopic (exact) mass is 340 g/mol. The van der Waals surface area contributed by atoms with E-state index in [1.807, 2.05) is 18.2 Å². The normalized spacial score (nSPS) is 28.8. The van der Waals surface area contributed by atoms with Crippen molar-refractivity contribution < 1.29 is 4.79 Å². The van der Waals surface area contributed by atoms with Crippen LogP contribution in [-0.2, 0) is 0 Å². The third kappa shape index (κ3) is 2.78. The second kappa shape index (κ2) is 6.34. The molecule has 3 aliphatic heterocycles. The SMILES string of the molecule is Cc1sc(C(=O)N[C@@H]2C3CCN(CC3)[C@H]2C)cc1-c1ccccc1. The number of hydrogen-bond donors (Lipinski definition) is 1. The van der Waals surface area contributed by atoms with Crippen molar-refractivity contribution in [3.8, 4) is 11.1 Å². The Hall–Kier alpha value is -1.65. The third-order valence-corrected chi connectivity index (χ3v) is 6.75. The van der Waals surface area contributed by atoms with Crippen molar-refractivity contribution in [2.75, 3.05) is 13.1 Å². The number of thiophene rings is 1. The summed E-state index contributed by atoms with van der Waals surface area (Å²) >= 11 is 1.60. The number of amides is 1. The van der Waals surface area contributed by atoms with E-state index in [2.05, 4.69) is 42.3 Å². The molecule has 0 saturated carbocycles. The van der Waals surface area contributed by atoms with Gasteiger partial charge in [0.2, 0.25) is 0 Å². The van der Waals surface area contributed by atoms with Gasteiger partial charge in [-0.3, -0.25) is 9.69 Å². The number of rotatable bonds is 3. The first kappa shape index (κ1) is 15.9. The summed E-state index contributed by atoms with van der Waals surface area (Å²) in [5, 5.41) is 3.34. The highest BCUT2D eigenvalue weighted by Gasteiger charge is 2.40. The Labute approximate surface area is 147 Å². The highest BCUT2D eigenvalue weighted by molar-refractivity contribution is 7.14. The molecule has 3 fully saturated rings. The third-order valence-electron chi connectivity index (χ3n) is 5.70. The lowest BCUT2D eigenvalue weighted by molar-refractivity contribution is 0.0218. The van der Waals surface area contributed by atoms with Gasteiger partial charge in [0.1, 0.15) is 0 Å². The predicted octanol–water partition coefficient (Wildman–Crippen LogP) is 3.94. The molecule has 2 bridgehead atoms. The molecule has 24 heavy (non-hydrogen) atoms. The van der Waals surface area contributed by atoms with Gasteiger partial charge in [0, 0.05) is 17.0 Å². The summed E-state index contributed by atoms with van der Waals surface area (Å²) in [4.78, 5) is 17.4. The number of fused-ring (bicyclic) bond motifs is 3. The van der Waals surface area contributed by atoms with Crippen LogP contribution >= 0.6 is 11.3 Å². The van der Waals surface area contributed by atoms with Crippen LogP contribution in [0.1, 0.15) is 34.3 Å². The lowest BCUT2D eigenvalue weighted by atomic mass is 9.79. The highest BCUT2D eigenvalue weighted by atomic mass is 32.1. The van der Waals surface area contributed by atoms with E-state index >= 15 is 0 Å². The molecule has 5 rings (SSSR count). The smallest absolute Gasteiger partial charge is 0.261 e. The zero-order valence-corrected chi connectivity index (χ0v) is 15.1. The van der Waals surface area contributed by atoms with Crippen molar-refractivity contribution in [2.24, 2.45) is 5.92 Å². The van der Waals surface area contributed by atoms with E-state index in [-0.39, 0.29) is 5.91 Å². The van der Waals surface area contributed by atoms with Gasteiger partial charge in [-0.05, 0) is 62.9 Å². The number of piperidine rings is 3. The lowest BCUT2D eigenvalue weighted by Gasteiger charge is -2.49. The van der Waals surface area contributed by atoms with E-state index in [0.29, 0.717) is 18.0 Å². The second-order valence-electron chi connectivity index (χ2n) is 7.06. The summed E-state index contributed by atoms with van der Waals surface area (Å²) in [6.07, 6.45) is 2.43. The Kier molecular flexibility index (Phi) is 4.19. The average molecular weight is 340 g/mol. The minimum absolute atomic E-state index is 0.0934. The molecule has 3 nitrogen and oxygen atoms in total. The standard InChI is InChI=1S/C20H24N2OS/c1-13-19(16-8-10-22(13)11-9-16)21-20(23)18-12-17(14(2)24-18)15-6-4-3-5-7-15/h3-7,12-13,16,19H,8-11H2,1-2H3,(H,21,23)/t13-,19-/m0/s1. The molecule has 0 spiro atoms. The zero-order chi connectivity index (χ0) is 16.7. The lowest BCUT2D eigenvalue weighted by Crippen LogP contribution is -2.62. The average Bonchev–Trinajstić information content (AvgIpc) is 3.01. The molecule has 0 unspecified atom stereocenters. The fourth-order valence-electron chi connectivity index (χ4n) is 4.27. The Morgan fingerprint density at radius 3 is 2.58 bits per heavy atom. The topological polar surface area (TPSA) is 32.3 Å². The molecule has 2 atom stereocenters. The van der Waals surface area contributed by atoms with Crippen LogP contribution in [0.25, 0.3) is 11.1 Å². The molecule has 1 aromatic carbocycles. The number of aryl methyl sites for hydroxylation is 1. The summed E-state index contributed by atoms with van der Waals surface area (Å²) in [7, 11) is 0. The Bertz CT molecular complexity index is 729. The first-order valence-corrected chi connectivity index (χ1v) is 9.66. The van der Waals surface area contributed by atoms with Gasteiger partial charge in [-0.15, -0.1) is 11.3 Å². The largest absolute Gasteiger partial charge is 0.347 e. The van der Waals surface area contributed by atoms with Gasteiger partial charge in [-0.2, -0.15) is 0 Å². The fraction of sp³-hybridized carbons (Fsp3) is 0.450. The van der Waals surface area contributed by atoms with Crippen LogP contribution in [0.15, 0.2) is 36.4 Å². The van der Waals surface area contributed by atoms with Crippen LogP contribution in [-0.4, -0.2) is 36.0 Å². The Morgan fingerprint density at radius 1 is 1.21 bits per heavy atom. The van der Waals surface area contributed by atoms with Crippen molar-refractivity contribution in [2.45, 2.75) is 38.8 Å². The summed E-state index contributed by atoms with van der Waals surface area (Å²) in [6, 6.07) is 13.1. The number of carbonyl (C=O) groups is 1. The van der Waals surface area contributed by atoms with Gasteiger partial charge in [0.15, 0.2) is 0 Å². The number of nitrogens with one attached hydrogen (secondary N) is 1. The number of hydrogen-bond acceptors (Lipinski definition) is 3. The zero-order valence-electron chi connectivity index (χ0n) is 14.3. The van der Waals surface area contributed by atoms with Crippen LogP contribution in [0, 0.1) is 12.8 Å². The summed E-state index contributed by atoms with van der Waals surface area (Å²) in [5.74, 6) is 0.736. The van der Waals surface area contributed by atoms with E-state index in [1.54, 1.807) is 11.3 Å². The van der Waals surface area contributed by atoms with Crippen molar-refractivity contribution in [1.82, 2.24) is 10.2 Å². The first-order valence-electron chi connectivity index (χ1n) is 8.84. The van der Waals surface area contributed by atoms with Crippen LogP contribution in [0.5, 0.6) is 0 Å². The quantitative estimate of drug-likeness (QED) is 0.918. The van der Waals surface area contributed by atoms with Gasteiger partial charge in [-0.1, -0.05) is 30.3 Å². The van der Waals surface area contributed by atoms with Crippen LogP contribution in [0.2, 0.25) is 0 Å².